The second kappa shape index (κ2) is 6.72. The molecule has 3 N–H and O–H groups in total. The molecule has 1 aromatic rings. The highest BCUT2D eigenvalue weighted by molar-refractivity contribution is 5.98. The van der Waals surface area contributed by atoms with Crippen molar-refractivity contribution in [1.29, 1.82) is 0 Å². The lowest BCUT2D eigenvalue weighted by molar-refractivity contribution is -0.139. The Morgan fingerprint density at radius 3 is 2.81 bits per heavy atom. The molecule has 2 rings (SSSR count). The Hall–Kier alpha value is -1.88. The average molecular weight is 290 g/mol. The maximum atomic E-state index is 12.4. The summed E-state index contributed by atoms with van der Waals surface area (Å²) >= 11 is 0. The molecule has 0 bridgehead atoms. The normalized spacial score (nSPS) is 15.4. The Labute approximate surface area is 124 Å². The third kappa shape index (κ3) is 3.82. The molecule has 0 saturated heterocycles. The molecule has 0 saturated carbocycles. The quantitative estimate of drug-likeness (QED) is 0.769. The highest BCUT2D eigenvalue weighted by Crippen LogP contribution is 2.19. The Morgan fingerprint density at radius 1 is 1.38 bits per heavy atom. The number of carbonyl (C=O) groups excluding carboxylic acids is 1. The van der Waals surface area contributed by atoms with Crippen molar-refractivity contribution in [3.05, 3.63) is 34.9 Å². The monoisotopic (exact) mass is 290 g/mol. The van der Waals surface area contributed by atoms with Gasteiger partial charge < -0.3 is 15.7 Å². The minimum Gasteiger partial charge on any atom is -0.480 e. The minimum absolute atomic E-state index is 0.209. The molecule has 5 nitrogen and oxygen atoms in total. The lowest BCUT2D eigenvalue weighted by Crippen LogP contribution is -2.42. The van der Waals surface area contributed by atoms with E-state index in [-0.39, 0.29) is 11.8 Å². The zero-order valence-electron chi connectivity index (χ0n) is 12.5. The summed E-state index contributed by atoms with van der Waals surface area (Å²) in [6.45, 7) is 5.48. The molecule has 1 aliphatic heterocycles. The highest BCUT2D eigenvalue weighted by atomic mass is 16.4. The number of benzene rings is 1. The molecule has 0 aromatic heterocycles. The fraction of sp³-hybridized carbons (Fsp3) is 0.500. The van der Waals surface area contributed by atoms with Gasteiger partial charge in [-0.3, -0.25) is 4.79 Å². The van der Waals surface area contributed by atoms with Gasteiger partial charge in [0, 0.05) is 12.1 Å². The van der Waals surface area contributed by atoms with Gasteiger partial charge >= 0.3 is 5.97 Å². The number of carboxylic acid groups (broad SMARTS) is 1. The van der Waals surface area contributed by atoms with Gasteiger partial charge in [-0.15, -0.1) is 0 Å². The first-order chi connectivity index (χ1) is 9.99. The number of carboxylic acids is 1. The van der Waals surface area contributed by atoms with Gasteiger partial charge in [0.2, 0.25) is 0 Å². The van der Waals surface area contributed by atoms with E-state index in [4.69, 9.17) is 0 Å². The molecule has 1 aromatic carbocycles. The van der Waals surface area contributed by atoms with Gasteiger partial charge in [0.1, 0.15) is 6.04 Å². The predicted octanol–water partition coefficient (Wildman–Crippen LogP) is 1.56. The maximum absolute atomic E-state index is 12.4. The van der Waals surface area contributed by atoms with Gasteiger partial charge in [-0.25, -0.2) is 4.79 Å². The topological polar surface area (TPSA) is 78.4 Å². The van der Waals surface area contributed by atoms with Gasteiger partial charge in [-0.1, -0.05) is 26.0 Å². The number of carbonyl (C=O) groups is 2. The molecule has 1 unspecified atom stereocenters. The molecule has 114 valence electrons. The summed E-state index contributed by atoms with van der Waals surface area (Å²) in [6.07, 6.45) is 1.22. The summed E-state index contributed by atoms with van der Waals surface area (Å²) in [5.74, 6) is -1.06. The van der Waals surface area contributed by atoms with Crippen LogP contribution in [0.1, 0.15) is 41.8 Å². The standard InChI is InChI=1S/C16H22N2O3/c1-10(2)8-14(16(20)21)18-15(19)13-5-3-4-11-9-17-7-6-12(11)13/h3-5,10,14,17H,6-9H2,1-2H3,(H,18,19)(H,20,21). The van der Waals surface area contributed by atoms with Crippen LogP contribution in [0.3, 0.4) is 0 Å². The van der Waals surface area contributed by atoms with Crippen molar-refractivity contribution >= 4 is 11.9 Å². The fourth-order valence-corrected chi connectivity index (χ4v) is 2.67. The van der Waals surface area contributed by atoms with E-state index >= 15 is 0 Å². The van der Waals surface area contributed by atoms with Crippen molar-refractivity contribution in [2.45, 2.75) is 39.3 Å². The number of hydrogen-bond donors (Lipinski definition) is 3. The van der Waals surface area contributed by atoms with Gasteiger partial charge in [-0.2, -0.15) is 0 Å². The van der Waals surface area contributed by atoms with Crippen molar-refractivity contribution in [3.63, 3.8) is 0 Å². The number of amides is 1. The average Bonchev–Trinajstić information content (AvgIpc) is 2.45. The molecule has 1 atom stereocenters. The van der Waals surface area contributed by atoms with E-state index < -0.39 is 12.0 Å². The van der Waals surface area contributed by atoms with Gasteiger partial charge in [0.15, 0.2) is 0 Å². The molecule has 0 fully saturated rings. The summed E-state index contributed by atoms with van der Waals surface area (Å²) in [7, 11) is 0. The molecule has 5 heteroatoms. The Morgan fingerprint density at radius 2 is 2.14 bits per heavy atom. The first kappa shape index (κ1) is 15.5. The second-order valence-electron chi connectivity index (χ2n) is 5.86. The third-order valence-corrected chi connectivity index (χ3v) is 3.70. The van der Waals surface area contributed by atoms with E-state index in [1.165, 1.54) is 0 Å². The number of fused-ring (bicyclic) bond motifs is 1. The van der Waals surface area contributed by atoms with Crippen molar-refractivity contribution in [3.8, 4) is 0 Å². The SMILES string of the molecule is CC(C)CC(NC(=O)c1cccc2c1CCNC2)C(=O)O. The lowest BCUT2D eigenvalue weighted by atomic mass is 9.94. The van der Waals surface area contributed by atoms with E-state index in [9.17, 15) is 14.7 Å². The summed E-state index contributed by atoms with van der Waals surface area (Å²) < 4.78 is 0. The number of aliphatic carboxylic acids is 1. The first-order valence-electron chi connectivity index (χ1n) is 7.34. The van der Waals surface area contributed by atoms with E-state index in [1.807, 2.05) is 26.0 Å². The highest BCUT2D eigenvalue weighted by Gasteiger charge is 2.24. The van der Waals surface area contributed by atoms with E-state index in [0.717, 1.165) is 30.6 Å². The van der Waals surface area contributed by atoms with Crippen molar-refractivity contribution in [1.82, 2.24) is 10.6 Å². The fourth-order valence-electron chi connectivity index (χ4n) is 2.67. The summed E-state index contributed by atoms with van der Waals surface area (Å²) in [4.78, 5) is 23.7. The van der Waals surface area contributed by atoms with Crippen molar-refractivity contribution in [2.24, 2.45) is 5.92 Å². The Balaban J connectivity index is 2.18. The maximum Gasteiger partial charge on any atom is 0.326 e. The van der Waals surface area contributed by atoms with Crippen LogP contribution in [-0.4, -0.2) is 29.6 Å². The molecule has 21 heavy (non-hydrogen) atoms. The van der Waals surface area contributed by atoms with Crippen LogP contribution in [0.15, 0.2) is 18.2 Å². The van der Waals surface area contributed by atoms with Crippen LogP contribution < -0.4 is 10.6 Å². The molecule has 1 aliphatic rings. The summed E-state index contributed by atoms with van der Waals surface area (Å²) in [6, 6.07) is 4.78. The third-order valence-electron chi connectivity index (χ3n) is 3.70. The number of nitrogens with one attached hydrogen (secondary N) is 2. The largest absolute Gasteiger partial charge is 0.480 e. The van der Waals surface area contributed by atoms with E-state index in [0.29, 0.717) is 12.0 Å². The van der Waals surface area contributed by atoms with Crippen LogP contribution in [0.5, 0.6) is 0 Å². The number of rotatable bonds is 5. The first-order valence-corrected chi connectivity index (χ1v) is 7.34. The molecule has 1 amide bonds. The van der Waals surface area contributed by atoms with E-state index in [1.54, 1.807) is 6.07 Å². The molecule has 0 radical (unpaired) electrons. The number of hydrogen-bond acceptors (Lipinski definition) is 3. The molecule has 0 spiro atoms. The predicted molar refractivity (Wildman–Crippen MR) is 80.2 cm³/mol. The second-order valence-corrected chi connectivity index (χ2v) is 5.86. The minimum atomic E-state index is -0.983. The smallest absolute Gasteiger partial charge is 0.326 e. The van der Waals surface area contributed by atoms with Crippen LogP contribution in [0.25, 0.3) is 0 Å². The summed E-state index contributed by atoms with van der Waals surface area (Å²) in [5.41, 5.74) is 2.75. The van der Waals surface area contributed by atoms with Crippen molar-refractivity contribution in [2.75, 3.05) is 6.54 Å². The van der Waals surface area contributed by atoms with Gasteiger partial charge in [0.25, 0.3) is 5.91 Å². The van der Waals surface area contributed by atoms with Crippen LogP contribution in [0.2, 0.25) is 0 Å². The Bertz CT molecular complexity index is 540. The van der Waals surface area contributed by atoms with E-state index in [2.05, 4.69) is 10.6 Å². The molecular formula is C16H22N2O3. The lowest BCUT2D eigenvalue weighted by Gasteiger charge is -2.21. The van der Waals surface area contributed by atoms with Crippen LogP contribution in [0.4, 0.5) is 0 Å². The molecule has 1 heterocycles. The van der Waals surface area contributed by atoms with Gasteiger partial charge in [-0.05, 0) is 42.5 Å². The van der Waals surface area contributed by atoms with Gasteiger partial charge in [0.05, 0.1) is 0 Å². The van der Waals surface area contributed by atoms with Crippen molar-refractivity contribution < 1.29 is 14.7 Å². The molecule has 0 aliphatic carbocycles. The van der Waals surface area contributed by atoms with Crippen LogP contribution >= 0.6 is 0 Å². The van der Waals surface area contributed by atoms with Crippen LogP contribution in [0, 0.1) is 5.92 Å². The zero-order valence-corrected chi connectivity index (χ0v) is 12.5. The molecular weight excluding hydrogens is 268 g/mol. The summed E-state index contributed by atoms with van der Waals surface area (Å²) in [5, 5.41) is 15.2. The Kier molecular flexibility index (Phi) is 4.96. The van der Waals surface area contributed by atoms with Crippen LogP contribution in [-0.2, 0) is 17.8 Å². The zero-order chi connectivity index (χ0) is 15.4.